The second-order valence-electron chi connectivity index (χ2n) is 5.46. The second kappa shape index (κ2) is 4.90. The molecule has 0 radical (unpaired) electrons. The maximum absolute atomic E-state index is 12.7. The van der Waals surface area contributed by atoms with Gasteiger partial charge in [-0.2, -0.15) is 0 Å². The summed E-state index contributed by atoms with van der Waals surface area (Å²) >= 11 is 3.54. The van der Waals surface area contributed by atoms with Crippen LogP contribution < -0.4 is 10.3 Å². The van der Waals surface area contributed by atoms with Crippen LogP contribution in [0.3, 0.4) is 0 Å². The molecular weight excluding hydrogens is 318 g/mol. The standard InChI is InChI=1S/C15H18BrN3O/c1-9-7-13(10(2)6-12(9)16)18-4-5-19-14(15(18)20)11(3)8-17-19/h6-7,17H,4-5,8H2,1-3H3. The molecule has 0 spiro atoms. The van der Waals surface area contributed by atoms with Gasteiger partial charge in [0.05, 0.1) is 6.54 Å². The molecule has 3 rings (SSSR count). The van der Waals surface area contributed by atoms with E-state index in [1.165, 1.54) is 0 Å². The highest BCUT2D eigenvalue weighted by molar-refractivity contribution is 9.10. The molecule has 2 aliphatic heterocycles. The Labute approximate surface area is 127 Å². The van der Waals surface area contributed by atoms with Crippen LogP contribution in [0.5, 0.6) is 0 Å². The van der Waals surface area contributed by atoms with Crippen molar-refractivity contribution in [2.45, 2.75) is 20.8 Å². The smallest absolute Gasteiger partial charge is 0.275 e. The maximum Gasteiger partial charge on any atom is 0.275 e. The fourth-order valence-electron chi connectivity index (χ4n) is 2.81. The fraction of sp³-hybridized carbons (Fsp3) is 0.400. The molecular formula is C15H18BrN3O. The zero-order valence-electron chi connectivity index (χ0n) is 12.0. The largest absolute Gasteiger partial charge is 0.305 e. The predicted molar refractivity (Wildman–Crippen MR) is 83.4 cm³/mol. The highest BCUT2D eigenvalue weighted by Crippen LogP contribution is 2.31. The highest BCUT2D eigenvalue weighted by Gasteiger charge is 2.35. The molecule has 1 saturated heterocycles. The number of fused-ring (bicyclic) bond motifs is 1. The first-order valence-corrected chi connectivity index (χ1v) is 7.57. The first-order chi connectivity index (χ1) is 9.49. The van der Waals surface area contributed by atoms with Gasteiger partial charge in [0.1, 0.15) is 5.70 Å². The van der Waals surface area contributed by atoms with E-state index in [1.54, 1.807) is 0 Å². The van der Waals surface area contributed by atoms with Gasteiger partial charge in [0.2, 0.25) is 0 Å². The van der Waals surface area contributed by atoms with E-state index >= 15 is 0 Å². The van der Waals surface area contributed by atoms with Crippen LogP contribution in [0, 0.1) is 13.8 Å². The Morgan fingerprint density at radius 3 is 2.65 bits per heavy atom. The molecule has 20 heavy (non-hydrogen) atoms. The number of amides is 1. The predicted octanol–water partition coefficient (Wildman–Crippen LogP) is 2.51. The van der Waals surface area contributed by atoms with Gasteiger partial charge >= 0.3 is 0 Å². The van der Waals surface area contributed by atoms with Crippen LogP contribution in [0.1, 0.15) is 18.1 Å². The Morgan fingerprint density at radius 1 is 1.15 bits per heavy atom. The van der Waals surface area contributed by atoms with Crippen LogP contribution in [-0.4, -0.2) is 30.6 Å². The third kappa shape index (κ3) is 2.05. The summed E-state index contributed by atoms with van der Waals surface area (Å²) in [7, 11) is 0. The summed E-state index contributed by atoms with van der Waals surface area (Å²) in [6.45, 7) is 8.43. The van der Waals surface area contributed by atoms with Gasteiger partial charge in [-0.25, -0.2) is 5.43 Å². The first-order valence-electron chi connectivity index (χ1n) is 6.78. The number of nitrogens with one attached hydrogen (secondary N) is 1. The number of hydrazine groups is 1. The maximum atomic E-state index is 12.7. The summed E-state index contributed by atoms with van der Waals surface area (Å²) in [5, 5.41) is 1.98. The quantitative estimate of drug-likeness (QED) is 0.856. The van der Waals surface area contributed by atoms with Crippen molar-refractivity contribution in [1.82, 2.24) is 10.4 Å². The van der Waals surface area contributed by atoms with Gasteiger partial charge in [0.15, 0.2) is 0 Å². The summed E-state index contributed by atoms with van der Waals surface area (Å²) < 4.78 is 1.09. The molecule has 0 atom stereocenters. The van der Waals surface area contributed by atoms with Crippen LogP contribution in [0.25, 0.3) is 0 Å². The number of aryl methyl sites for hydroxylation is 2. The molecule has 1 amide bonds. The molecule has 1 fully saturated rings. The monoisotopic (exact) mass is 335 g/mol. The number of nitrogens with zero attached hydrogens (tertiary/aromatic N) is 2. The minimum atomic E-state index is 0.101. The highest BCUT2D eigenvalue weighted by atomic mass is 79.9. The summed E-state index contributed by atoms with van der Waals surface area (Å²) in [6, 6.07) is 4.17. The molecule has 106 valence electrons. The number of hydrogen-bond acceptors (Lipinski definition) is 3. The van der Waals surface area contributed by atoms with Crippen molar-refractivity contribution >= 4 is 27.5 Å². The van der Waals surface area contributed by atoms with Gasteiger partial charge < -0.3 is 9.91 Å². The molecule has 2 heterocycles. The number of hydrogen-bond donors (Lipinski definition) is 1. The lowest BCUT2D eigenvalue weighted by Gasteiger charge is -2.35. The molecule has 0 bridgehead atoms. The van der Waals surface area contributed by atoms with Crippen molar-refractivity contribution in [2.75, 3.05) is 24.5 Å². The molecule has 0 aliphatic carbocycles. The number of anilines is 1. The average molecular weight is 336 g/mol. The number of halogens is 1. The zero-order chi connectivity index (χ0) is 14.4. The van der Waals surface area contributed by atoms with E-state index in [2.05, 4.69) is 40.4 Å². The summed E-state index contributed by atoms with van der Waals surface area (Å²) in [5.41, 5.74) is 8.47. The van der Waals surface area contributed by atoms with Crippen LogP contribution in [0.2, 0.25) is 0 Å². The normalized spacial score (nSPS) is 18.9. The lowest BCUT2D eigenvalue weighted by molar-refractivity contribution is -0.118. The molecule has 4 nitrogen and oxygen atoms in total. The van der Waals surface area contributed by atoms with E-state index in [4.69, 9.17) is 0 Å². The van der Waals surface area contributed by atoms with Gasteiger partial charge in [-0.3, -0.25) is 4.79 Å². The van der Waals surface area contributed by atoms with E-state index in [0.29, 0.717) is 6.54 Å². The summed E-state index contributed by atoms with van der Waals surface area (Å²) in [6.07, 6.45) is 0. The van der Waals surface area contributed by atoms with Gasteiger partial charge in [-0.1, -0.05) is 15.9 Å². The number of benzene rings is 1. The number of piperazine rings is 1. The van der Waals surface area contributed by atoms with Gasteiger partial charge in [-0.05, 0) is 49.6 Å². The molecule has 0 unspecified atom stereocenters. The molecule has 0 aromatic heterocycles. The number of rotatable bonds is 1. The van der Waals surface area contributed by atoms with E-state index in [0.717, 1.165) is 45.6 Å². The third-order valence-corrected chi connectivity index (χ3v) is 4.83. The minimum absolute atomic E-state index is 0.101. The first kappa shape index (κ1) is 13.6. The SMILES string of the molecule is CC1=C2C(=O)N(c3cc(C)c(Br)cc3C)CCN2NC1. The van der Waals surface area contributed by atoms with Crippen molar-refractivity contribution < 1.29 is 4.79 Å². The lowest BCUT2D eigenvalue weighted by atomic mass is 10.1. The Morgan fingerprint density at radius 2 is 1.90 bits per heavy atom. The van der Waals surface area contributed by atoms with Crippen LogP contribution in [0.15, 0.2) is 27.9 Å². The van der Waals surface area contributed by atoms with Gasteiger partial charge in [0, 0.05) is 23.2 Å². The molecule has 2 aliphatic rings. The molecule has 1 aromatic carbocycles. The van der Waals surface area contributed by atoms with E-state index in [-0.39, 0.29) is 5.91 Å². The van der Waals surface area contributed by atoms with Crippen molar-refractivity contribution in [3.05, 3.63) is 39.0 Å². The number of carbonyl (C=O) groups is 1. The van der Waals surface area contributed by atoms with Crippen LogP contribution in [0.4, 0.5) is 5.69 Å². The van der Waals surface area contributed by atoms with Gasteiger partial charge in [0.25, 0.3) is 5.91 Å². The zero-order valence-corrected chi connectivity index (χ0v) is 13.5. The fourth-order valence-corrected chi connectivity index (χ4v) is 3.27. The Hall–Kier alpha value is -1.33. The summed E-state index contributed by atoms with van der Waals surface area (Å²) in [5.74, 6) is 0.101. The Kier molecular flexibility index (Phi) is 3.34. The second-order valence-corrected chi connectivity index (χ2v) is 6.31. The van der Waals surface area contributed by atoms with E-state index in [9.17, 15) is 4.79 Å². The number of carbonyl (C=O) groups excluding carboxylic acids is 1. The van der Waals surface area contributed by atoms with Crippen LogP contribution >= 0.6 is 15.9 Å². The lowest BCUT2D eigenvalue weighted by Crippen LogP contribution is -2.50. The topological polar surface area (TPSA) is 35.6 Å². The minimum Gasteiger partial charge on any atom is -0.305 e. The Bertz CT molecular complexity index is 624. The van der Waals surface area contributed by atoms with Gasteiger partial charge in [-0.15, -0.1) is 0 Å². The Balaban J connectivity index is 2.01. The molecule has 1 aromatic rings. The molecule has 5 heteroatoms. The van der Waals surface area contributed by atoms with Crippen molar-refractivity contribution in [3.63, 3.8) is 0 Å². The van der Waals surface area contributed by atoms with E-state index < -0.39 is 0 Å². The van der Waals surface area contributed by atoms with Crippen molar-refractivity contribution in [3.8, 4) is 0 Å². The van der Waals surface area contributed by atoms with Crippen molar-refractivity contribution in [2.24, 2.45) is 0 Å². The molecule has 1 N–H and O–H groups in total. The van der Waals surface area contributed by atoms with E-state index in [1.807, 2.05) is 23.8 Å². The summed E-state index contributed by atoms with van der Waals surface area (Å²) in [4.78, 5) is 14.6. The van der Waals surface area contributed by atoms with Crippen LogP contribution in [-0.2, 0) is 4.79 Å². The van der Waals surface area contributed by atoms with Crippen molar-refractivity contribution in [1.29, 1.82) is 0 Å². The third-order valence-electron chi connectivity index (χ3n) is 3.97. The average Bonchev–Trinajstić information content (AvgIpc) is 2.77. The molecule has 0 saturated carbocycles.